The molecule has 0 radical (unpaired) electrons. The summed E-state index contributed by atoms with van der Waals surface area (Å²) in [4.78, 5) is 15.1. The zero-order valence-electron chi connectivity index (χ0n) is 14.4. The molecule has 0 aromatic heterocycles. The molecular weight excluding hydrogens is 388 g/mol. The van der Waals surface area contributed by atoms with Crippen molar-refractivity contribution in [2.45, 2.75) is 11.5 Å². The predicted octanol–water partition coefficient (Wildman–Crippen LogP) is 2.66. The van der Waals surface area contributed by atoms with E-state index in [0.717, 1.165) is 16.1 Å². The molecule has 27 heavy (non-hydrogen) atoms. The van der Waals surface area contributed by atoms with Gasteiger partial charge >= 0.3 is 5.97 Å². The quantitative estimate of drug-likeness (QED) is 0.724. The SMILES string of the molecule is COc1ccccc1COC(=O)c1ccc2c(c1)SC1=NS(=O)(=O)CCN12. The summed E-state index contributed by atoms with van der Waals surface area (Å²) < 4.78 is 37.8. The number of anilines is 1. The van der Waals surface area contributed by atoms with Crippen LogP contribution in [0.2, 0.25) is 0 Å². The van der Waals surface area contributed by atoms with Crippen LogP contribution in [0.25, 0.3) is 0 Å². The smallest absolute Gasteiger partial charge is 0.338 e. The Morgan fingerprint density at radius 3 is 2.89 bits per heavy atom. The van der Waals surface area contributed by atoms with E-state index in [4.69, 9.17) is 9.47 Å². The van der Waals surface area contributed by atoms with Gasteiger partial charge in [0.25, 0.3) is 10.0 Å². The molecule has 0 spiro atoms. The monoisotopic (exact) mass is 404 g/mol. The second-order valence-electron chi connectivity index (χ2n) is 5.98. The third kappa shape index (κ3) is 3.52. The fourth-order valence-electron chi connectivity index (χ4n) is 2.91. The summed E-state index contributed by atoms with van der Waals surface area (Å²) in [7, 11) is -1.84. The van der Waals surface area contributed by atoms with E-state index in [1.54, 1.807) is 31.4 Å². The van der Waals surface area contributed by atoms with E-state index in [2.05, 4.69) is 4.40 Å². The summed E-state index contributed by atoms with van der Waals surface area (Å²) in [6, 6.07) is 12.5. The van der Waals surface area contributed by atoms with Crippen LogP contribution in [-0.2, 0) is 21.4 Å². The number of nitrogens with zero attached hydrogens (tertiary/aromatic N) is 2. The number of para-hydroxylation sites is 1. The van der Waals surface area contributed by atoms with Crippen LogP contribution < -0.4 is 9.64 Å². The number of hydrogen-bond donors (Lipinski definition) is 0. The van der Waals surface area contributed by atoms with Crippen LogP contribution in [0.15, 0.2) is 51.8 Å². The highest BCUT2D eigenvalue weighted by molar-refractivity contribution is 8.15. The van der Waals surface area contributed by atoms with E-state index >= 15 is 0 Å². The third-order valence-corrected chi connectivity index (χ3v) is 6.57. The lowest BCUT2D eigenvalue weighted by atomic mass is 10.2. The number of fused-ring (bicyclic) bond motifs is 3. The van der Waals surface area contributed by atoms with Gasteiger partial charge in [0, 0.05) is 17.0 Å². The first kappa shape index (κ1) is 17.9. The highest BCUT2D eigenvalue weighted by Crippen LogP contribution is 2.42. The molecule has 0 aliphatic carbocycles. The van der Waals surface area contributed by atoms with Crippen LogP contribution >= 0.6 is 11.8 Å². The van der Waals surface area contributed by atoms with Gasteiger partial charge in [-0.1, -0.05) is 18.2 Å². The fourth-order valence-corrected chi connectivity index (χ4v) is 5.20. The number of rotatable bonds is 4. The van der Waals surface area contributed by atoms with Crippen LogP contribution in [0.1, 0.15) is 15.9 Å². The molecule has 2 aliphatic rings. The second-order valence-corrected chi connectivity index (χ2v) is 8.75. The molecule has 0 bridgehead atoms. The van der Waals surface area contributed by atoms with E-state index in [-0.39, 0.29) is 12.4 Å². The molecule has 7 nitrogen and oxygen atoms in total. The molecule has 0 saturated carbocycles. The molecule has 4 rings (SSSR count). The number of carbonyl (C=O) groups excluding carboxylic acids is 1. The normalized spacial score (nSPS) is 16.9. The van der Waals surface area contributed by atoms with Crippen molar-refractivity contribution in [3.63, 3.8) is 0 Å². The minimum absolute atomic E-state index is 0.0147. The van der Waals surface area contributed by atoms with Gasteiger partial charge < -0.3 is 14.4 Å². The number of sulfonamides is 1. The largest absolute Gasteiger partial charge is 0.496 e. The molecule has 2 aromatic rings. The standard InChI is InChI=1S/C18H16N2O5S2/c1-24-15-5-3-2-4-13(15)11-25-17(21)12-6-7-14-16(10-12)26-18-19-27(22,23)9-8-20(14)18/h2-7,10H,8-9,11H2,1H3. The van der Waals surface area contributed by atoms with Crippen molar-refractivity contribution in [1.29, 1.82) is 0 Å². The molecule has 0 amide bonds. The van der Waals surface area contributed by atoms with Crippen molar-refractivity contribution in [3.8, 4) is 5.75 Å². The Balaban J connectivity index is 1.51. The molecule has 2 heterocycles. The maximum Gasteiger partial charge on any atom is 0.338 e. The number of thioether (sulfide) groups is 1. The van der Waals surface area contributed by atoms with Crippen molar-refractivity contribution in [2.24, 2.45) is 4.40 Å². The maximum absolute atomic E-state index is 12.4. The second kappa shape index (κ2) is 6.90. The number of ether oxygens (including phenoxy) is 2. The van der Waals surface area contributed by atoms with Gasteiger partial charge in [0.1, 0.15) is 12.4 Å². The summed E-state index contributed by atoms with van der Waals surface area (Å²) in [5.74, 6) is 0.189. The van der Waals surface area contributed by atoms with Gasteiger partial charge in [-0.2, -0.15) is 0 Å². The lowest BCUT2D eigenvalue weighted by Crippen LogP contribution is -2.35. The third-order valence-electron chi connectivity index (χ3n) is 4.26. The van der Waals surface area contributed by atoms with Crippen LogP contribution in [-0.4, -0.2) is 39.0 Å². The van der Waals surface area contributed by atoms with Crippen molar-refractivity contribution in [1.82, 2.24) is 0 Å². The lowest BCUT2D eigenvalue weighted by molar-refractivity contribution is 0.0470. The van der Waals surface area contributed by atoms with Gasteiger partial charge in [-0.05, 0) is 36.0 Å². The van der Waals surface area contributed by atoms with Gasteiger partial charge in [-0.25, -0.2) is 13.2 Å². The average molecular weight is 404 g/mol. The molecule has 2 aromatic carbocycles. The number of hydrogen-bond acceptors (Lipinski definition) is 7. The van der Waals surface area contributed by atoms with Gasteiger partial charge in [0.15, 0.2) is 5.17 Å². The summed E-state index contributed by atoms with van der Waals surface area (Å²) in [6.07, 6.45) is 0. The van der Waals surface area contributed by atoms with E-state index in [9.17, 15) is 13.2 Å². The molecular formula is C18H16N2O5S2. The van der Waals surface area contributed by atoms with Crippen LogP contribution in [0.5, 0.6) is 5.75 Å². The Bertz CT molecular complexity index is 1050. The summed E-state index contributed by atoms with van der Waals surface area (Å²) >= 11 is 1.24. The topological polar surface area (TPSA) is 85.3 Å². The zero-order chi connectivity index (χ0) is 19.0. The lowest BCUT2D eigenvalue weighted by Gasteiger charge is -2.22. The highest BCUT2D eigenvalue weighted by atomic mass is 32.2. The van der Waals surface area contributed by atoms with E-state index < -0.39 is 16.0 Å². The summed E-state index contributed by atoms with van der Waals surface area (Å²) in [5, 5.41) is 0.427. The zero-order valence-corrected chi connectivity index (χ0v) is 16.0. The van der Waals surface area contributed by atoms with E-state index in [1.165, 1.54) is 11.8 Å². The Morgan fingerprint density at radius 2 is 2.07 bits per heavy atom. The van der Waals surface area contributed by atoms with E-state index in [1.807, 2.05) is 23.1 Å². The Kier molecular flexibility index (Phi) is 4.56. The van der Waals surface area contributed by atoms with Crippen molar-refractivity contribution in [3.05, 3.63) is 53.6 Å². The Labute approximate surface area is 161 Å². The number of methoxy groups -OCH3 is 1. The highest BCUT2D eigenvalue weighted by Gasteiger charge is 2.33. The van der Waals surface area contributed by atoms with Gasteiger partial charge in [0.05, 0.1) is 24.1 Å². The number of carbonyl (C=O) groups is 1. The van der Waals surface area contributed by atoms with Gasteiger partial charge in [-0.15, -0.1) is 4.40 Å². The van der Waals surface area contributed by atoms with Gasteiger partial charge in [0.2, 0.25) is 0 Å². The minimum atomic E-state index is -3.41. The summed E-state index contributed by atoms with van der Waals surface area (Å²) in [5.41, 5.74) is 2.04. The fraction of sp³-hybridized carbons (Fsp3) is 0.222. The molecule has 0 saturated heterocycles. The Hall–Kier alpha value is -2.52. The first-order valence-electron chi connectivity index (χ1n) is 8.18. The van der Waals surface area contributed by atoms with Gasteiger partial charge in [-0.3, -0.25) is 0 Å². The number of benzene rings is 2. The molecule has 0 N–H and O–H groups in total. The average Bonchev–Trinajstić information content (AvgIpc) is 3.01. The molecule has 0 fully saturated rings. The molecule has 9 heteroatoms. The predicted molar refractivity (Wildman–Crippen MR) is 103 cm³/mol. The maximum atomic E-state index is 12.4. The van der Waals surface area contributed by atoms with Crippen molar-refractivity contribution < 1.29 is 22.7 Å². The first-order chi connectivity index (χ1) is 13.0. The summed E-state index contributed by atoms with van der Waals surface area (Å²) in [6.45, 7) is 0.461. The molecule has 0 atom stereocenters. The van der Waals surface area contributed by atoms with Crippen LogP contribution in [0, 0.1) is 0 Å². The molecule has 0 unspecified atom stereocenters. The van der Waals surface area contributed by atoms with E-state index in [0.29, 0.717) is 23.0 Å². The number of esters is 1. The first-order valence-corrected chi connectivity index (χ1v) is 10.6. The number of amidine groups is 1. The molecule has 140 valence electrons. The Morgan fingerprint density at radius 1 is 1.26 bits per heavy atom. The minimum Gasteiger partial charge on any atom is -0.496 e. The van der Waals surface area contributed by atoms with Crippen LogP contribution in [0.4, 0.5) is 5.69 Å². The molecule has 2 aliphatic heterocycles. The van der Waals surface area contributed by atoms with Crippen molar-refractivity contribution >= 4 is 38.6 Å². The van der Waals surface area contributed by atoms with Crippen molar-refractivity contribution in [2.75, 3.05) is 24.3 Å². The van der Waals surface area contributed by atoms with Crippen LogP contribution in [0.3, 0.4) is 0 Å².